The molecule has 4 rings (SSSR count). The van der Waals surface area contributed by atoms with Crippen LogP contribution in [0, 0.1) is 0 Å². The zero-order valence-electron chi connectivity index (χ0n) is 24.0. The summed E-state index contributed by atoms with van der Waals surface area (Å²) < 4.78 is 127. The van der Waals surface area contributed by atoms with Gasteiger partial charge in [-0.15, -0.1) is 15.3 Å². The van der Waals surface area contributed by atoms with Crippen LogP contribution in [0.5, 0.6) is 5.75 Å². The van der Waals surface area contributed by atoms with Crippen molar-refractivity contribution in [3.63, 3.8) is 0 Å². The summed E-state index contributed by atoms with van der Waals surface area (Å²) in [7, 11) is -19.2. The van der Waals surface area contributed by atoms with Crippen molar-refractivity contribution in [3.05, 3.63) is 65.7 Å². The summed E-state index contributed by atoms with van der Waals surface area (Å²) in [6.07, 6.45) is 0. The molecule has 0 heterocycles. The normalized spacial score (nSPS) is 12.9. The molecule has 18 nitrogen and oxygen atoms in total. The average molecular weight is 773 g/mol. The number of nitrogens with zero attached hydrogens (tertiary/aromatic N) is 4. The van der Waals surface area contributed by atoms with Gasteiger partial charge in [0.25, 0.3) is 20.2 Å². The van der Waals surface area contributed by atoms with E-state index in [9.17, 15) is 47.9 Å². The number of rotatable bonds is 11. The molecule has 0 atom stereocenters. The number of nitrogen functional groups attached to an aromatic ring is 1. The maximum atomic E-state index is 12.4. The molecule has 0 aromatic heterocycles. The molecule has 250 valence electrons. The van der Waals surface area contributed by atoms with Crippen molar-refractivity contribution in [1.29, 1.82) is 0 Å². The van der Waals surface area contributed by atoms with Crippen molar-refractivity contribution in [1.82, 2.24) is 0 Å². The van der Waals surface area contributed by atoms with Crippen molar-refractivity contribution < 1.29 is 86.2 Å². The van der Waals surface area contributed by atoms with Crippen molar-refractivity contribution in [2.45, 2.75) is 14.7 Å². The van der Waals surface area contributed by atoms with Crippen LogP contribution in [-0.2, 0) is 44.7 Å². The molecule has 0 saturated heterocycles. The molecule has 0 spiro atoms. The van der Waals surface area contributed by atoms with E-state index in [0.29, 0.717) is 6.07 Å². The number of nitrogens with two attached hydrogens (primary N) is 1. The third-order valence-corrected chi connectivity index (χ3v) is 10.2. The van der Waals surface area contributed by atoms with E-state index in [1.807, 2.05) is 0 Å². The van der Waals surface area contributed by atoms with Gasteiger partial charge in [-0.1, -0.05) is 23.7 Å². The molecule has 0 amide bonds. The van der Waals surface area contributed by atoms with Crippen LogP contribution in [-0.4, -0.2) is 64.8 Å². The fourth-order valence-corrected chi connectivity index (χ4v) is 6.93. The largest absolute Gasteiger partial charge is 1.00 e. The number of sulfone groups is 1. The maximum absolute atomic E-state index is 12.4. The Morgan fingerprint density at radius 2 is 1.29 bits per heavy atom. The first-order valence-electron chi connectivity index (χ1n) is 12.3. The number of hydrogen-bond acceptors (Lipinski definition) is 15. The zero-order chi connectivity index (χ0) is 34.9. The van der Waals surface area contributed by atoms with Crippen LogP contribution in [0.3, 0.4) is 0 Å². The van der Waals surface area contributed by atoms with E-state index in [4.69, 9.17) is 21.9 Å². The van der Waals surface area contributed by atoms with Crippen molar-refractivity contribution in [2.75, 3.05) is 18.1 Å². The predicted octanol–water partition coefficient (Wildman–Crippen LogP) is 1.70. The van der Waals surface area contributed by atoms with Crippen molar-refractivity contribution >= 4 is 91.3 Å². The average Bonchev–Trinajstić information content (AvgIpc) is 2.95. The molecule has 6 N–H and O–H groups in total. The Morgan fingerprint density at radius 3 is 1.83 bits per heavy atom. The van der Waals surface area contributed by atoms with Crippen molar-refractivity contribution in [2.24, 2.45) is 20.5 Å². The van der Waals surface area contributed by atoms with Gasteiger partial charge in [-0.3, -0.25) is 13.7 Å². The van der Waals surface area contributed by atoms with Gasteiger partial charge in [-0.25, -0.2) is 12.6 Å². The van der Waals surface area contributed by atoms with Gasteiger partial charge < -0.3 is 10.8 Å². The van der Waals surface area contributed by atoms with Gasteiger partial charge in [0.2, 0.25) is 0 Å². The number of anilines is 1. The molecule has 0 fully saturated rings. The van der Waals surface area contributed by atoms with Gasteiger partial charge in [0, 0.05) is 0 Å². The standard InChI is InChI=1S/C24H20ClN5O13S4.Na/c25-16-3-1-2-4-17(16)28-29-22-18(45(34,35)36)11-13-12-19(46(37,38)39)23(24(31)20(13)21(22)26)30-27-14-5-7-15(8-6-14)44(32,33)10-9-43-47(40,41)42;/h1-8,11-12,31H,9-10,26H2,(H,34,35,36)(H,37,38,39)(H,40,41,42);/q;+1. The Hall–Kier alpha value is -3.13. The molecule has 4 aromatic rings. The Labute approximate surface area is 300 Å². The minimum absolute atomic E-state index is 0. The van der Waals surface area contributed by atoms with E-state index in [0.717, 1.165) is 30.3 Å². The summed E-state index contributed by atoms with van der Waals surface area (Å²) in [6, 6.07) is 11.7. The number of benzene rings is 4. The zero-order valence-corrected chi connectivity index (χ0v) is 30.0. The molecule has 0 aliphatic carbocycles. The van der Waals surface area contributed by atoms with Crippen LogP contribution in [0.2, 0.25) is 5.02 Å². The minimum Gasteiger partial charge on any atom is -0.505 e. The molecular formula is C24H20ClN5NaO13S4+. The van der Waals surface area contributed by atoms with Crippen LogP contribution in [0.25, 0.3) is 10.8 Å². The van der Waals surface area contributed by atoms with Crippen LogP contribution >= 0.6 is 11.6 Å². The van der Waals surface area contributed by atoms with Gasteiger partial charge in [0.05, 0.1) is 39.0 Å². The van der Waals surface area contributed by atoms with E-state index in [-0.39, 0.29) is 50.9 Å². The number of hydrogen-bond donors (Lipinski definition) is 5. The number of phenolic OH excluding ortho intramolecular Hbond substituents is 1. The molecule has 24 heteroatoms. The maximum Gasteiger partial charge on any atom is 1.00 e. The monoisotopic (exact) mass is 772 g/mol. The smallest absolute Gasteiger partial charge is 0.505 e. The van der Waals surface area contributed by atoms with Gasteiger partial charge in [-0.05, 0) is 53.9 Å². The molecule has 0 unspecified atom stereocenters. The first kappa shape index (κ1) is 39.3. The van der Waals surface area contributed by atoms with E-state index < -0.39 is 96.2 Å². The second-order valence-corrected chi connectivity index (χ2v) is 15.6. The number of halogens is 1. The predicted molar refractivity (Wildman–Crippen MR) is 165 cm³/mol. The molecule has 0 aliphatic rings. The number of aromatic hydroxyl groups is 1. The number of phenols is 1. The van der Waals surface area contributed by atoms with E-state index in [1.54, 1.807) is 12.1 Å². The molecule has 0 bridgehead atoms. The van der Waals surface area contributed by atoms with E-state index in [2.05, 4.69) is 24.6 Å². The Kier molecular flexibility index (Phi) is 12.1. The summed E-state index contributed by atoms with van der Waals surface area (Å²) in [5.74, 6) is -1.85. The molecule has 0 aliphatic heterocycles. The fraction of sp³-hybridized carbons (Fsp3) is 0.0833. The minimum atomic E-state index is -5.19. The van der Waals surface area contributed by atoms with Gasteiger partial charge in [0.1, 0.15) is 26.9 Å². The molecule has 0 saturated carbocycles. The van der Waals surface area contributed by atoms with Gasteiger partial charge in [-0.2, -0.15) is 30.4 Å². The van der Waals surface area contributed by atoms with E-state index >= 15 is 0 Å². The third kappa shape index (κ3) is 9.31. The topological polar surface area (TPSA) is 302 Å². The number of fused-ring (bicyclic) bond motifs is 1. The van der Waals surface area contributed by atoms with E-state index in [1.165, 1.54) is 12.1 Å². The van der Waals surface area contributed by atoms with Crippen LogP contribution in [0.1, 0.15) is 0 Å². The Bertz CT molecular complexity index is 2410. The second kappa shape index (κ2) is 14.8. The second-order valence-electron chi connectivity index (χ2n) is 9.17. The summed E-state index contributed by atoms with van der Waals surface area (Å²) in [6.45, 7) is -0.875. The summed E-state index contributed by atoms with van der Waals surface area (Å²) in [5, 5.41) is 25.5. The van der Waals surface area contributed by atoms with Crippen LogP contribution < -0.4 is 35.3 Å². The summed E-state index contributed by atoms with van der Waals surface area (Å²) >= 11 is 6.05. The SMILES string of the molecule is Nc1c(N=Nc2ccccc2Cl)c(S(=O)(=O)O)cc2cc(S(=O)(=O)O)c(N=Nc3ccc(S(=O)(=O)CCOS(=O)(=O)O)cc3)c(O)c12.[Na+]. The third-order valence-electron chi connectivity index (χ3n) is 6.03. The molecule has 4 aromatic carbocycles. The molecule has 0 radical (unpaired) electrons. The first-order valence-corrected chi connectivity index (χ1v) is 18.6. The fourth-order valence-electron chi connectivity index (χ4n) is 3.94. The van der Waals surface area contributed by atoms with Crippen LogP contribution in [0.4, 0.5) is 28.4 Å². The Morgan fingerprint density at radius 1 is 0.750 bits per heavy atom. The quantitative estimate of drug-likeness (QED) is 0.0628. The number of azo groups is 2. The van der Waals surface area contributed by atoms with Crippen LogP contribution in [0.15, 0.2) is 95.8 Å². The summed E-state index contributed by atoms with van der Waals surface area (Å²) in [4.78, 5) is -2.31. The Balaban J connectivity index is 0.00000625. The molecule has 48 heavy (non-hydrogen) atoms. The van der Waals surface area contributed by atoms with Gasteiger partial charge in [0.15, 0.2) is 15.6 Å². The van der Waals surface area contributed by atoms with Crippen molar-refractivity contribution in [3.8, 4) is 5.75 Å². The first-order chi connectivity index (χ1) is 21.7. The van der Waals surface area contributed by atoms with Gasteiger partial charge >= 0.3 is 40.0 Å². The molecular weight excluding hydrogens is 753 g/mol. The summed E-state index contributed by atoms with van der Waals surface area (Å²) in [5.41, 5.74) is 3.95.